The van der Waals surface area contributed by atoms with Gasteiger partial charge in [-0.25, -0.2) is 4.98 Å². The first-order valence-electron chi connectivity index (χ1n) is 6.74. The van der Waals surface area contributed by atoms with Crippen molar-refractivity contribution in [1.82, 2.24) is 9.55 Å². The number of aryl methyl sites for hydroxylation is 1. The third-order valence-corrected chi connectivity index (χ3v) is 3.47. The van der Waals surface area contributed by atoms with Gasteiger partial charge in [-0.2, -0.15) is 5.26 Å². The minimum absolute atomic E-state index is 0.109. The second-order valence-electron chi connectivity index (χ2n) is 4.63. The molecule has 0 N–H and O–H groups in total. The maximum absolute atomic E-state index is 12.6. The molecule has 0 saturated heterocycles. The zero-order valence-corrected chi connectivity index (χ0v) is 12.2. The summed E-state index contributed by atoms with van der Waals surface area (Å²) in [5.74, 6) is 0.769. The maximum Gasteiger partial charge on any atom is 0.262 e. The number of benzene rings is 1. The summed E-state index contributed by atoms with van der Waals surface area (Å²) in [5, 5.41) is 9.52. The van der Waals surface area contributed by atoms with Crippen molar-refractivity contribution in [3.63, 3.8) is 0 Å². The number of hydrogen-bond donors (Lipinski definition) is 0. The van der Waals surface area contributed by atoms with Gasteiger partial charge in [0.15, 0.2) is 0 Å². The van der Waals surface area contributed by atoms with Gasteiger partial charge in [0.25, 0.3) is 5.56 Å². The largest absolute Gasteiger partial charge is 0.296 e. The number of fused-ring (bicyclic) bond motifs is 1. The van der Waals surface area contributed by atoms with Crippen LogP contribution in [0.1, 0.15) is 32.0 Å². The highest BCUT2D eigenvalue weighted by molar-refractivity contribution is 6.35. The molecule has 0 saturated carbocycles. The van der Waals surface area contributed by atoms with Crippen LogP contribution < -0.4 is 5.56 Å². The molecule has 1 aromatic heterocycles. The predicted octanol–water partition coefficient (Wildman–Crippen LogP) is 3.31. The molecule has 104 valence electrons. The number of halogens is 1. The van der Waals surface area contributed by atoms with Gasteiger partial charge in [0.2, 0.25) is 0 Å². The zero-order chi connectivity index (χ0) is 14.5. The van der Waals surface area contributed by atoms with Gasteiger partial charge >= 0.3 is 0 Å². The molecule has 0 amide bonds. The van der Waals surface area contributed by atoms with Crippen LogP contribution in [-0.4, -0.2) is 9.55 Å². The monoisotopic (exact) mass is 289 g/mol. The number of rotatable bonds is 5. The molecule has 0 aliphatic heterocycles. The molecule has 4 nitrogen and oxygen atoms in total. The minimum Gasteiger partial charge on any atom is -0.296 e. The maximum atomic E-state index is 12.6. The van der Waals surface area contributed by atoms with Crippen LogP contribution in [0.3, 0.4) is 0 Å². The Kier molecular flexibility index (Phi) is 4.75. The quantitative estimate of drug-likeness (QED) is 0.794. The summed E-state index contributed by atoms with van der Waals surface area (Å²) < 4.78 is 1.66. The molecule has 0 aliphatic carbocycles. The van der Waals surface area contributed by atoms with Crippen molar-refractivity contribution in [2.24, 2.45) is 0 Å². The number of unbranched alkanes of at least 4 members (excludes halogenated alkanes) is 1. The summed E-state index contributed by atoms with van der Waals surface area (Å²) in [4.78, 5) is 17.2. The Bertz CT molecular complexity index is 715. The first-order valence-corrected chi connectivity index (χ1v) is 7.11. The number of nitrogens with zero attached hydrogens (tertiary/aromatic N) is 3. The van der Waals surface area contributed by atoms with Gasteiger partial charge in [-0.3, -0.25) is 9.36 Å². The van der Waals surface area contributed by atoms with Gasteiger partial charge in [-0.15, -0.1) is 0 Å². The Labute approximate surface area is 122 Å². The number of hydrogen-bond acceptors (Lipinski definition) is 3. The normalized spacial score (nSPS) is 10.7. The van der Waals surface area contributed by atoms with Crippen molar-refractivity contribution in [2.75, 3.05) is 0 Å². The van der Waals surface area contributed by atoms with Crippen molar-refractivity contribution in [2.45, 2.75) is 39.2 Å². The van der Waals surface area contributed by atoms with E-state index in [2.05, 4.69) is 11.1 Å². The summed E-state index contributed by atoms with van der Waals surface area (Å²) in [5.41, 5.74) is 0.532. The fourth-order valence-corrected chi connectivity index (χ4v) is 2.48. The van der Waals surface area contributed by atoms with Crippen LogP contribution in [0.25, 0.3) is 10.9 Å². The van der Waals surface area contributed by atoms with Crippen LogP contribution >= 0.6 is 11.6 Å². The standard InChI is InChI=1S/C15H16ClN3O/c1-2-6-13-18-12-8-5-7-11(16)14(12)15(20)19(13)10-4-3-9-17/h5,7-8H,2-4,6,10H2,1H3. The van der Waals surface area contributed by atoms with E-state index >= 15 is 0 Å². The average Bonchev–Trinajstić information content (AvgIpc) is 2.42. The molecule has 0 aliphatic rings. The molecule has 0 fully saturated rings. The summed E-state index contributed by atoms with van der Waals surface area (Å²) in [7, 11) is 0. The second-order valence-corrected chi connectivity index (χ2v) is 5.04. The summed E-state index contributed by atoms with van der Waals surface area (Å²) in [6, 6.07) is 7.40. The Morgan fingerprint density at radius 2 is 2.25 bits per heavy atom. The highest BCUT2D eigenvalue weighted by Crippen LogP contribution is 2.19. The van der Waals surface area contributed by atoms with Gasteiger partial charge in [0, 0.05) is 19.4 Å². The Morgan fingerprint density at radius 1 is 1.45 bits per heavy atom. The SMILES string of the molecule is CCCc1nc2cccc(Cl)c2c(=O)n1CCCC#N. The van der Waals surface area contributed by atoms with Crippen LogP contribution in [0.5, 0.6) is 0 Å². The molecule has 0 radical (unpaired) electrons. The molecule has 0 atom stereocenters. The van der Waals surface area contributed by atoms with Gasteiger partial charge in [-0.1, -0.05) is 24.6 Å². The summed E-state index contributed by atoms with van der Waals surface area (Å²) >= 11 is 6.12. The van der Waals surface area contributed by atoms with E-state index in [9.17, 15) is 4.79 Å². The van der Waals surface area contributed by atoms with Crippen molar-refractivity contribution in [3.05, 3.63) is 39.4 Å². The Morgan fingerprint density at radius 3 is 2.95 bits per heavy atom. The molecular weight excluding hydrogens is 274 g/mol. The lowest BCUT2D eigenvalue weighted by Gasteiger charge is -2.12. The van der Waals surface area contributed by atoms with E-state index in [1.165, 1.54) is 0 Å². The van der Waals surface area contributed by atoms with E-state index in [1.807, 2.05) is 6.92 Å². The van der Waals surface area contributed by atoms with Crippen LogP contribution in [0.15, 0.2) is 23.0 Å². The van der Waals surface area contributed by atoms with E-state index in [0.29, 0.717) is 35.3 Å². The third-order valence-electron chi connectivity index (χ3n) is 3.16. The van der Waals surface area contributed by atoms with Gasteiger partial charge in [0.05, 0.1) is 22.0 Å². The molecule has 1 heterocycles. The van der Waals surface area contributed by atoms with E-state index < -0.39 is 0 Å². The predicted molar refractivity (Wildman–Crippen MR) is 79.9 cm³/mol. The van der Waals surface area contributed by atoms with Crippen LogP contribution in [0.4, 0.5) is 0 Å². The molecule has 2 rings (SSSR count). The summed E-state index contributed by atoms with van der Waals surface area (Å²) in [6.45, 7) is 2.56. The van der Waals surface area contributed by atoms with Crippen molar-refractivity contribution < 1.29 is 0 Å². The summed E-state index contributed by atoms with van der Waals surface area (Å²) in [6.07, 6.45) is 2.73. The molecule has 1 aromatic carbocycles. The third kappa shape index (κ3) is 2.83. The number of nitriles is 1. The van der Waals surface area contributed by atoms with Crippen molar-refractivity contribution in [3.8, 4) is 6.07 Å². The van der Waals surface area contributed by atoms with Gasteiger partial charge < -0.3 is 0 Å². The lowest BCUT2D eigenvalue weighted by Crippen LogP contribution is -2.25. The minimum atomic E-state index is -0.109. The van der Waals surface area contributed by atoms with Crippen molar-refractivity contribution in [1.29, 1.82) is 5.26 Å². The molecule has 20 heavy (non-hydrogen) atoms. The smallest absolute Gasteiger partial charge is 0.262 e. The molecule has 5 heteroatoms. The lowest BCUT2D eigenvalue weighted by molar-refractivity contribution is 0.584. The van der Waals surface area contributed by atoms with E-state index in [1.54, 1.807) is 22.8 Å². The van der Waals surface area contributed by atoms with E-state index in [0.717, 1.165) is 18.7 Å². The first kappa shape index (κ1) is 14.5. The zero-order valence-electron chi connectivity index (χ0n) is 11.4. The van der Waals surface area contributed by atoms with Crippen LogP contribution in [0.2, 0.25) is 5.02 Å². The highest BCUT2D eigenvalue weighted by Gasteiger charge is 2.12. The lowest BCUT2D eigenvalue weighted by atomic mass is 10.2. The van der Waals surface area contributed by atoms with Gasteiger partial charge in [0.1, 0.15) is 5.82 Å². The second kappa shape index (κ2) is 6.53. The van der Waals surface area contributed by atoms with Crippen LogP contribution in [0, 0.1) is 11.3 Å². The molecule has 0 spiro atoms. The van der Waals surface area contributed by atoms with Crippen LogP contribution in [-0.2, 0) is 13.0 Å². The topological polar surface area (TPSA) is 58.7 Å². The average molecular weight is 290 g/mol. The van der Waals surface area contributed by atoms with Crippen molar-refractivity contribution >= 4 is 22.5 Å². The first-order chi connectivity index (χ1) is 9.69. The molecular formula is C15H16ClN3O. The fraction of sp³-hybridized carbons (Fsp3) is 0.400. The molecule has 2 aromatic rings. The van der Waals surface area contributed by atoms with Gasteiger partial charge in [-0.05, 0) is 25.0 Å². The number of aromatic nitrogens is 2. The van der Waals surface area contributed by atoms with E-state index in [-0.39, 0.29) is 5.56 Å². The Hall–Kier alpha value is -1.86. The van der Waals surface area contributed by atoms with E-state index in [4.69, 9.17) is 16.9 Å². The molecule has 0 bridgehead atoms. The fourth-order valence-electron chi connectivity index (χ4n) is 2.23. The highest BCUT2D eigenvalue weighted by atomic mass is 35.5. The molecule has 0 unspecified atom stereocenters. The Balaban J connectivity index is 2.59.